The standard InChI is InChI=1S/C17H17ClO2S/c1-12(19)13-7-8-17(20-2)15(9-13)11-21-10-14-5-3-4-6-16(14)18/h3-9H,10-11H2,1-2H3. The molecule has 0 spiro atoms. The van der Waals surface area contributed by atoms with Crippen molar-refractivity contribution in [1.29, 1.82) is 0 Å². The first-order valence-electron chi connectivity index (χ1n) is 6.61. The lowest BCUT2D eigenvalue weighted by Gasteiger charge is -2.10. The molecule has 0 fully saturated rings. The van der Waals surface area contributed by atoms with Gasteiger partial charge < -0.3 is 4.74 Å². The first kappa shape index (κ1) is 15.9. The van der Waals surface area contributed by atoms with Crippen LogP contribution in [0, 0.1) is 0 Å². The number of thioether (sulfide) groups is 1. The number of carbonyl (C=O) groups excluding carboxylic acids is 1. The van der Waals surface area contributed by atoms with E-state index >= 15 is 0 Å². The summed E-state index contributed by atoms with van der Waals surface area (Å²) in [6.07, 6.45) is 0. The molecule has 0 aliphatic carbocycles. The molecule has 0 saturated heterocycles. The highest BCUT2D eigenvalue weighted by Gasteiger charge is 2.08. The van der Waals surface area contributed by atoms with E-state index in [0.29, 0.717) is 5.56 Å². The summed E-state index contributed by atoms with van der Waals surface area (Å²) in [6, 6.07) is 13.4. The average molecular weight is 321 g/mol. The van der Waals surface area contributed by atoms with Gasteiger partial charge in [-0.15, -0.1) is 0 Å². The first-order chi connectivity index (χ1) is 10.1. The van der Waals surface area contributed by atoms with E-state index in [-0.39, 0.29) is 5.78 Å². The van der Waals surface area contributed by atoms with E-state index in [4.69, 9.17) is 16.3 Å². The van der Waals surface area contributed by atoms with Crippen LogP contribution in [0.25, 0.3) is 0 Å². The lowest BCUT2D eigenvalue weighted by atomic mass is 10.1. The number of Topliss-reactive ketones (excluding diaryl/α,β-unsaturated/α-hetero) is 1. The molecule has 0 aliphatic heterocycles. The van der Waals surface area contributed by atoms with Crippen molar-refractivity contribution in [2.24, 2.45) is 0 Å². The predicted molar refractivity (Wildman–Crippen MR) is 89.4 cm³/mol. The van der Waals surface area contributed by atoms with Crippen LogP contribution in [0.5, 0.6) is 5.75 Å². The van der Waals surface area contributed by atoms with Crippen molar-refractivity contribution in [3.63, 3.8) is 0 Å². The molecule has 2 nitrogen and oxygen atoms in total. The molecule has 0 atom stereocenters. The van der Waals surface area contributed by atoms with Crippen LogP contribution in [-0.2, 0) is 11.5 Å². The van der Waals surface area contributed by atoms with Gasteiger partial charge in [0.2, 0.25) is 0 Å². The highest BCUT2D eigenvalue weighted by molar-refractivity contribution is 7.97. The summed E-state index contributed by atoms with van der Waals surface area (Å²) in [5.41, 5.74) is 2.86. The Morgan fingerprint density at radius 2 is 1.86 bits per heavy atom. The number of hydrogen-bond acceptors (Lipinski definition) is 3. The number of rotatable bonds is 6. The van der Waals surface area contributed by atoms with Crippen LogP contribution in [0.1, 0.15) is 28.4 Å². The zero-order chi connectivity index (χ0) is 15.2. The largest absolute Gasteiger partial charge is 0.496 e. The summed E-state index contributed by atoms with van der Waals surface area (Å²) in [7, 11) is 1.64. The van der Waals surface area contributed by atoms with Gasteiger partial charge in [0, 0.05) is 27.7 Å². The van der Waals surface area contributed by atoms with Crippen LogP contribution in [0.4, 0.5) is 0 Å². The van der Waals surface area contributed by atoms with Gasteiger partial charge in [0.1, 0.15) is 5.75 Å². The Morgan fingerprint density at radius 1 is 1.14 bits per heavy atom. The molecule has 110 valence electrons. The van der Waals surface area contributed by atoms with Crippen LogP contribution < -0.4 is 4.74 Å². The number of carbonyl (C=O) groups is 1. The monoisotopic (exact) mass is 320 g/mol. The molecule has 2 aromatic rings. The normalized spacial score (nSPS) is 10.4. The second kappa shape index (κ2) is 7.53. The highest BCUT2D eigenvalue weighted by atomic mass is 35.5. The number of benzene rings is 2. The van der Waals surface area contributed by atoms with Crippen molar-refractivity contribution in [2.75, 3.05) is 7.11 Å². The maximum absolute atomic E-state index is 11.5. The van der Waals surface area contributed by atoms with Crippen molar-refractivity contribution in [2.45, 2.75) is 18.4 Å². The van der Waals surface area contributed by atoms with E-state index in [9.17, 15) is 4.79 Å². The Balaban J connectivity index is 2.07. The smallest absolute Gasteiger partial charge is 0.159 e. The van der Waals surface area contributed by atoms with Crippen LogP contribution in [0.2, 0.25) is 5.02 Å². The minimum atomic E-state index is 0.0648. The van der Waals surface area contributed by atoms with Gasteiger partial charge in [0.15, 0.2) is 5.78 Å². The lowest BCUT2D eigenvalue weighted by Crippen LogP contribution is -1.97. The zero-order valence-corrected chi connectivity index (χ0v) is 13.6. The molecule has 0 saturated carbocycles. The second-order valence-electron chi connectivity index (χ2n) is 4.67. The van der Waals surface area contributed by atoms with Gasteiger partial charge in [-0.3, -0.25) is 4.79 Å². The van der Waals surface area contributed by atoms with Gasteiger partial charge in [-0.05, 0) is 36.8 Å². The first-order valence-corrected chi connectivity index (χ1v) is 8.14. The quantitative estimate of drug-likeness (QED) is 0.702. The number of ketones is 1. The van der Waals surface area contributed by atoms with Crippen molar-refractivity contribution in [3.8, 4) is 5.75 Å². The number of hydrogen-bond donors (Lipinski definition) is 0. The highest BCUT2D eigenvalue weighted by Crippen LogP contribution is 2.28. The molecule has 0 aliphatic rings. The summed E-state index contributed by atoms with van der Waals surface area (Å²) in [5.74, 6) is 2.48. The number of ether oxygens (including phenoxy) is 1. The topological polar surface area (TPSA) is 26.3 Å². The third-order valence-electron chi connectivity index (χ3n) is 3.16. The van der Waals surface area contributed by atoms with E-state index < -0.39 is 0 Å². The summed E-state index contributed by atoms with van der Waals surface area (Å²) in [5, 5.41) is 0.787. The minimum Gasteiger partial charge on any atom is -0.496 e. The molecule has 0 radical (unpaired) electrons. The molecule has 0 unspecified atom stereocenters. The molecule has 2 rings (SSSR count). The molecule has 0 bridgehead atoms. The summed E-state index contributed by atoms with van der Waals surface area (Å²) in [6.45, 7) is 1.57. The van der Waals surface area contributed by atoms with Crippen molar-refractivity contribution in [1.82, 2.24) is 0 Å². The lowest BCUT2D eigenvalue weighted by molar-refractivity contribution is 0.101. The van der Waals surface area contributed by atoms with E-state index in [1.54, 1.807) is 31.9 Å². The Bertz CT molecular complexity index is 640. The average Bonchev–Trinajstić information content (AvgIpc) is 2.49. The van der Waals surface area contributed by atoms with Gasteiger partial charge in [-0.25, -0.2) is 0 Å². The number of methoxy groups -OCH3 is 1. The molecule has 2 aromatic carbocycles. The fourth-order valence-electron chi connectivity index (χ4n) is 2.00. The van der Waals surface area contributed by atoms with Gasteiger partial charge >= 0.3 is 0 Å². The fourth-order valence-corrected chi connectivity index (χ4v) is 3.30. The molecule has 21 heavy (non-hydrogen) atoms. The Morgan fingerprint density at radius 3 is 2.52 bits per heavy atom. The number of halogens is 1. The van der Waals surface area contributed by atoms with E-state index in [2.05, 4.69) is 0 Å². The van der Waals surface area contributed by atoms with Gasteiger partial charge in [0.05, 0.1) is 7.11 Å². The van der Waals surface area contributed by atoms with Crippen LogP contribution >= 0.6 is 23.4 Å². The summed E-state index contributed by atoms with van der Waals surface area (Å²) < 4.78 is 5.36. The molecule has 0 heterocycles. The van der Waals surface area contributed by atoms with Crippen LogP contribution in [0.15, 0.2) is 42.5 Å². The zero-order valence-electron chi connectivity index (χ0n) is 12.1. The van der Waals surface area contributed by atoms with Crippen molar-refractivity contribution in [3.05, 3.63) is 64.2 Å². The van der Waals surface area contributed by atoms with Gasteiger partial charge in [-0.1, -0.05) is 29.8 Å². The Labute approximate surface area is 134 Å². The fraction of sp³-hybridized carbons (Fsp3) is 0.235. The third-order valence-corrected chi connectivity index (χ3v) is 4.56. The second-order valence-corrected chi connectivity index (χ2v) is 6.06. The Kier molecular flexibility index (Phi) is 5.71. The van der Waals surface area contributed by atoms with Crippen molar-refractivity contribution < 1.29 is 9.53 Å². The predicted octanol–water partition coefficient (Wildman–Crippen LogP) is 4.98. The van der Waals surface area contributed by atoms with Gasteiger partial charge in [0.25, 0.3) is 0 Å². The molecular weight excluding hydrogens is 304 g/mol. The Hall–Kier alpha value is -1.45. The molecule has 0 N–H and O–H groups in total. The van der Waals surface area contributed by atoms with Crippen LogP contribution in [0.3, 0.4) is 0 Å². The molecule has 0 aromatic heterocycles. The maximum Gasteiger partial charge on any atom is 0.159 e. The minimum absolute atomic E-state index is 0.0648. The summed E-state index contributed by atoms with van der Waals surface area (Å²) in [4.78, 5) is 11.5. The van der Waals surface area contributed by atoms with E-state index in [1.807, 2.05) is 36.4 Å². The molecular formula is C17H17ClO2S. The van der Waals surface area contributed by atoms with Crippen molar-refractivity contribution >= 4 is 29.1 Å². The molecule has 0 amide bonds. The maximum atomic E-state index is 11.5. The SMILES string of the molecule is COc1ccc(C(C)=O)cc1CSCc1ccccc1Cl. The third kappa shape index (κ3) is 4.26. The van der Waals surface area contributed by atoms with Gasteiger partial charge in [-0.2, -0.15) is 11.8 Å². The molecule has 4 heteroatoms. The van der Waals surface area contributed by atoms with Crippen LogP contribution in [-0.4, -0.2) is 12.9 Å². The van der Waals surface area contributed by atoms with E-state index in [0.717, 1.165) is 33.4 Å². The summed E-state index contributed by atoms with van der Waals surface area (Å²) >= 11 is 7.90. The van der Waals surface area contributed by atoms with E-state index in [1.165, 1.54) is 0 Å².